The molecule has 17 heavy (non-hydrogen) atoms. The summed E-state index contributed by atoms with van der Waals surface area (Å²) in [5, 5.41) is 14.4. The van der Waals surface area contributed by atoms with Crippen LogP contribution in [0.4, 0.5) is 4.79 Å². The first-order valence-corrected chi connectivity index (χ1v) is 5.93. The van der Waals surface area contributed by atoms with E-state index in [0.717, 1.165) is 12.8 Å². The Morgan fingerprint density at radius 3 is 2.76 bits per heavy atom. The maximum absolute atomic E-state index is 11.6. The van der Waals surface area contributed by atoms with E-state index in [1.807, 2.05) is 6.92 Å². The van der Waals surface area contributed by atoms with Crippen molar-refractivity contribution in [3.63, 3.8) is 0 Å². The molecule has 1 aliphatic carbocycles. The van der Waals surface area contributed by atoms with Crippen LogP contribution in [0.1, 0.15) is 32.6 Å². The van der Waals surface area contributed by atoms with Crippen molar-refractivity contribution in [2.75, 3.05) is 0 Å². The highest BCUT2D eigenvalue weighted by Crippen LogP contribution is 2.25. The van der Waals surface area contributed by atoms with Crippen LogP contribution in [0.3, 0.4) is 0 Å². The first kappa shape index (κ1) is 13.5. The van der Waals surface area contributed by atoms with Crippen molar-refractivity contribution in [3.8, 4) is 0 Å². The van der Waals surface area contributed by atoms with E-state index in [4.69, 9.17) is 5.11 Å². The van der Waals surface area contributed by atoms with Gasteiger partial charge in [-0.25, -0.2) is 4.79 Å². The molecule has 0 aromatic heterocycles. The molecule has 0 saturated heterocycles. The predicted octanol–water partition coefficient (Wildman–Crippen LogP) is 1.50. The van der Waals surface area contributed by atoms with E-state index in [2.05, 4.69) is 17.2 Å². The molecule has 1 saturated carbocycles. The second-order valence-electron chi connectivity index (χ2n) is 4.59. The van der Waals surface area contributed by atoms with Gasteiger partial charge in [0.1, 0.15) is 0 Å². The summed E-state index contributed by atoms with van der Waals surface area (Å²) in [6, 6.07) is -0.202. The van der Waals surface area contributed by atoms with Gasteiger partial charge in [-0.1, -0.05) is 6.08 Å². The molecule has 1 fully saturated rings. The number of hydrogen-bond acceptors (Lipinski definition) is 2. The summed E-state index contributed by atoms with van der Waals surface area (Å²) in [6.07, 6.45) is 4.37. The van der Waals surface area contributed by atoms with Gasteiger partial charge in [-0.3, -0.25) is 4.79 Å². The van der Waals surface area contributed by atoms with Gasteiger partial charge in [0, 0.05) is 12.1 Å². The average molecular weight is 240 g/mol. The molecule has 0 radical (unpaired) electrons. The van der Waals surface area contributed by atoms with Crippen molar-refractivity contribution in [3.05, 3.63) is 12.7 Å². The van der Waals surface area contributed by atoms with Crippen LogP contribution in [-0.2, 0) is 4.79 Å². The number of carboxylic acid groups (broad SMARTS) is 1. The minimum Gasteiger partial charge on any atom is -0.481 e. The van der Waals surface area contributed by atoms with Gasteiger partial charge < -0.3 is 15.7 Å². The third-order valence-corrected chi connectivity index (χ3v) is 3.01. The summed E-state index contributed by atoms with van der Waals surface area (Å²) in [4.78, 5) is 22.3. The summed E-state index contributed by atoms with van der Waals surface area (Å²) in [7, 11) is 0. The predicted molar refractivity (Wildman–Crippen MR) is 64.7 cm³/mol. The zero-order valence-electron chi connectivity index (χ0n) is 10.1. The fraction of sp³-hybridized carbons (Fsp3) is 0.667. The Kier molecular flexibility index (Phi) is 5.00. The maximum atomic E-state index is 11.6. The fourth-order valence-electron chi connectivity index (χ4n) is 2.10. The van der Waals surface area contributed by atoms with Crippen LogP contribution in [-0.4, -0.2) is 29.2 Å². The Bertz CT molecular complexity index is 304. The summed E-state index contributed by atoms with van der Waals surface area (Å²) in [5.41, 5.74) is 0. The molecule has 0 bridgehead atoms. The quantitative estimate of drug-likeness (QED) is 0.637. The van der Waals surface area contributed by atoms with Crippen LogP contribution >= 0.6 is 0 Å². The zero-order chi connectivity index (χ0) is 12.8. The third-order valence-electron chi connectivity index (χ3n) is 3.01. The number of amides is 2. The van der Waals surface area contributed by atoms with Crippen LogP contribution in [0, 0.1) is 5.92 Å². The summed E-state index contributed by atoms with van der Waals surface area (Å²) < 4.78 is 0. The Hall–Kier alpha value is -1.52. The maximum Gasteiger partial charge on any atom is 0.315 e. The van der Waals surface area contributed by atoms with E-state index in [9.17, 15) is 9.59 Å². The van der Waals surface area contributed by atoms with Gasteiger partial charge in [0.2, 0.25) is 0 Å². The number of carboxylic acids is 1. The van der Waals surface area contributed by atoms with Gasteiger partial charge in [0.05, 0.1) is 5.92 Å². The molecular weight excluding hydrogens is 220 g/mol. The molecule has 96 valence electrons. The van der Waals surface area contributed by atoms with Crippen molar-refractivity contribution in [1.82, 2.24) is 10.6 Å². The van der Waals surface area contributed by atoms with Crippen LogP contribution in [0.25, 0.3) is 0 Å². The molecule has 1 unspecified atom stereocenters. The van der Waals surface area contributed by atoms with Crippen LogP contribution < -0.4 is 10.6 Å². The molecule has 0 aromatic carbocycles. The lowest BCUT2D eigenvalue weighted by atomic mass is 10.1. The van der Waals surface area contributed by atoms with Crippen LogP contribution in [0.5, 0.6) is 0 Å². The normalized spacial score (nSPS) is 25.0. The molecule has 0 aliphatic heterocycles. The highest BCUT2D eigenvalue weighted by Gasteiger charge is 2.30. The minimum atomic E-state index is -0.769. The van der Waals surface area contributed by atoms with Crippen LogP contribution in [0.15, 0.2) is 12.7 Å². The van der Waals surface area contributed by atoms with Gasteiger partial charge in [0.25, 0.3) is 0 Å². The molecule has 1 rings (SSSR count). The van der Waals surface area contributed by atoms with Crippen molar-refractivity contribution in [1.29, 1.82) is 0 Å². The van der Waals surface area contributed by atoms with Gasteiger partial charge >= 0.3 is 12.0 Å². The Balaban J connectivity index is 2.28. The molecule has 0 aromatic rings. The number of urea groups is 1. The topological polar surface area (TPSA) is 78.4 Å². The number of hydrogen-bond donors (Lipinski definition) is 3. The summed E-state index contributed by atoms with van der Waals surface area (Å²) in [5.74, 6) is -1.08. The number of aliphatic carboxylic acids is 1. The third kappa shape index (κ3) is 4.46. The molecule has 0 spiro atoms. The van der Waals surface area contributed by atoms with E-state index in [1.165, 1.54) is 0 Å². The largest absolute Gasteiger partial charge is 0.481 e. The van der Waals surface area contributed by atoms with E-state index in [0.29, 0.717) is 12.8 Å². The Morgan fingerprint density at radius 2 is 2.24 bits per heavy atom. The number of carbonyl (C=O) groups excluding carboxylic acids is 1. The van der Waals surface area contributed by atoms with E-state index in [1.54, 1.807) is 6.08 Å². The highest BCUT2D eigenvalue weighted by molar-refractivity contribution is 5.75. The van der Waals surface area contributed by atoms with E-state index >= 15 is 0 Å². The van der Waals surface area contributed by atoms with Gasteiger partial charge in [0.15, 0.2) is 0 Å². The lowest BCUT2D eigenvalue weighted by molar-refractivity contribution is -0.141. The minimum absolute atomic E-state index is 0.0213. The zero-order valence-corrected chi connectivity index (χ0v) is 10.1. The number of carbonyl (C=O) groups is 2. The lowest BCUT2D eigenvalue weighted by Gasteiger charge is -2.16. The number of nitrogens with one attached hydrogen (secondary N) is 2. The van der Waals surface area contributed by atoms with Gasteiger partial charge in [-0.15, -0.1) is 6.58 Å². The molecule has 5 nitrogen and oxygen atoms in total. The van der Waals surface area contributed by atoms with E-state index < -0.39 is 5.97 Å². The monoisotopic (exact) mass is 240 g/mol. The first-order valence-electron chi connectivity index (χ1n) is 5.93. The Morgan fingerprint density at radius 1 is 1.53 bits per heavy atom. The molecule has 5 heteroatoms. The molecule has 1 aliphatic rings. The molecule has 0 heterocycles. The molecule has 3 atom stereocenters. The van der Waals surface area contributed by atoms with Gasteiger partial charge in [-0.05, 0) is 32.6 Å². The van der Waals surface area contributed by atoms with Crippen LogP contribution in [0.2, 0.25) is 0 Å². The second-order valence-corrected chi connectivity index (χ2v) is 4.59. The average Bonchev–Trinajstić information content (AvgIpc) is 2.66. The number of rotatable bonds is 5. The molecule has 2 amide bonds. The second kappa shape index (κ2) is 6.27. The van der Waals surface area contributed by atoms with Crippen molar-refractivity contribution in [2.45, 2.75) is 44.7 Å². The SMILES string of the molecule is C=CCC(C)NC(=O)N[C@H]1CC[C@@H](C(=O)O)C1. The smallest absolute Gasteiger partial charge is 0.315 e. The molecule has 3 N–H and O–H groups in total. The summed E-state index contributed by atoms with van der Waals surface area (Å²) in [6.45, 7) is 5.50. The fourth-order valence-corrected chi connectivity index (χ4v) is 2.10. The standard InChI is InChI=1S/C12H20N2O3/c1-3-4-8(2)13-12(17)14-10-6-5-9(7-10)11(15)16/h3,8-10H,1,4-7H2,2H3,(H,15,16)(H2,13,14,17)/t8?,9-,10+/m1/s1. The summed E-state index contributed by atoms with van der Waals surface area (Å²) >= 11 is 0. The Labute approximate surface area is 101 Å². The molecular formula is C12H20N2O3. The lowest BCUT2D eigenvalue weighted by Crippen LogP contribution is -2.44. The van der Waals surface area contributed by atoms with Crippen molar-refractivity contribution >= 4 is 12.0 Å². The van der Waals surface area contributed by atoms with Crippen molar-refractivity contribution < 1.29 is 14.7 Å². The highest BCUT2D eigenvalue weighted by atomic mass is 16.4. The van der Waals surface area contributed by atoms with E-state index in [-0.39, 0.29) is 24.0 Å². The van der Waals surface area contributed by atoms with Crippen molar-refractivity contribution in [2.24, 2.45) is 5.92 Å². The van der Waals surface area contributed by atoms with Gasteiger partial charge in [-0.2, -0.15) is 0 Å². The first-order chi connectivity index (χ1) is 8.02.